The van der Waals surface area contributed by atoms with E-state index in [0.717, 1.165) is 18.9 Å². The standard InChI is InChI=1S/C10H21NO/c1-2-10(11)12-8-9-6-4-3-5-7-9/h9-10H,2-8,11H2,1H3. The lowest BCUT2D eigenvalue weighted by atomic mass is 9.90. The molecule has 1 fully saturated rings. The lowest BCUT2D eigenvalue weighted by Crippen LogP contribution is -2.26. The second kappa shape index (κ2) is 5.55. The van der Waals surface area contributed by atoms with E-state index in [1.165, 1.54) is 32.1 Å². The monoisotopic (exact) mass is 171 g/mol. The third-order valence-electron chi connectivity index (χ3n) is 2.67. The molecule has 1 saturated carbocycles. The predicted molar refractivity (Wildman–Crippen MR) is 50.8 cm³/mol. The van der Waals surface area contributed by atoms with E-state index in [2.05, 4.69) is 6.92 Å². The van der Waals surface area contributed by atoms with Crippen LogP contribution < -0.4 is 5.73 Å². The van der Waals surface area contributed by atoms with Crippen LogP contribution >= 0.6 is 0 Å². The minimum absolute atomic E-state index is 0.0353. The molecule has 0 aliphatic heterocycles. The van der Waals surface area contributed by atoms with E-state index < -0.39 is 0 Å². The average Bonchev–Trinajstić information content (AvgIpc) is 2.16. The van der Waals surface area contributed by atoms with Gasteiger partial charge >= 0.3 is 0 Å². The molecule has 1 atom stereocenters. The summed E-state index contributed by atoms with van der Waals surface area (Å²) < 4.78 is 5.51. The summed E-state index contributed by atoms with van der Waals surface area (Å²) in [7, 11) is 0. The zero-order valence-corrected chi connectivity index (χ0v) is 8.09. The second-order valence-corrected chi connectivity index (χ2v) is 3.78. The Morgan fingerprint density at radius 1 is 1.33 bits per heavy atom. The lowest BCUT2D eigenvalue weighted by molar-refractivity contribution is 0.0225. The van der Waals surface area contributed by atoms with E-state index in [9.17, 15) is 0 Å². The highest BCUT2D eigenvalue weighted by atomic mass is 16.5. The highest BCUT2D eigenvalue weighted by molar-refractivity contribution is 4.65. The molecule has 1 aliphatic carbocycles. The Kier molecular flexibility index (Phi) is 4.62. The molecule has 0 heterocycles. The van der Waals surface area contributed by atoms with Crippen molar-refractivity contribution in [3.8, 4) is 0 Å². The van der Waals surface area contributed by atoms with Gasteiger partial charge in [0.25, 0.3) is 0 Å². The fourth-order valence-corrected chi connectivity index (χ4v) is 1.73. The first-order valence-electron chi connectivity index (χ1n) is 5.20. The van der Waals surface area contributed by atoms with E-state index in [1.807, 2.05) is 0 Å². The van der Waals surface area contributed by atoms with Crippen LogP contribution in [0.25, 0.3) is 0 Å². The third-order valence-corrected chi connectivity index (χ3v) is 2.67. The van der Waals surface area contributed by atoms with Crippen LogP contribution in [0.1, 0.15) is 45.4 Å². The van der Waals surface area contributed by atoms with Gasteiger partial charge in [-0.15, -0.1) is 0 Å². The van der Waals surface area contributed by atoms with Gasteiger partial charge in [0, 0.05) is 0 Å². The maximum atomic E-state index is 5.67. The van der Waals surface area contributed by atoms with Crippen LogP contribution in [-0.2, 0) is 4.74 Å². The molecule has 0 aromatic rings. The molecule has 0 bridgehead atoms. The molecule has 2 N–H and O–H groups in total. The van der Waals surface area contributed by atoms with Crippen LogP contribution in [0, 0.1) is 5.92 Å². The summed E-state index contributed by atoms with van der Waals surface area (Å²) in [5.41, 5.74) is 5.67. The topological polar surface area (TPSA) is 35.2 Å². The first-order valence-corrected chi connectivity index (χ1v) is 5.20. The van der Waals surface area contributed by atoms with Crippen LogP contribution in [0.4, 0.5) is 0 Å². The fraction of sp³-hybridized carbons (Fsp3) is 1.00. The molecule has 0 aromatic heterocycles. The van der Waals surface area contributed by atoms with E-state index >= 15 is 0 Å². The van der Waals surface area contributed by atoms with Crippen molar-refractivity contribution in [2.24, 2.45) is 11.7 Å². The van der Waals surface area contributed by atoms with Crippen LogP contribution in [0.3, 0.4) is 0 Å². The molecule has 1 aliphatic rings. The Morgan fingerprint density at radius 2 is 2.00 bits per heavy atom. The summed E-state index contributed by atoms with van der Waals surface area (Å²) in [4.78, 5) is 0. The number of ether oxygens (including phenoxy) is 1. The Bertz CT molecular complexity index is 110. The molecule has 12 heavy (non-hydrogen) atoms. The van der Waals surface area contributed by atoms with Crippen molar-refractivity contribution in [2.45, 2.75) is 51.7 Å². The third kappa shape index (κ3) is 3.55. The van der Waals surface area contributed by atoms with Crippen LogP contribution in [-0.4, -0.2) is 12.8 Å². The van der Waals surface area contributed by atoms with E-state index in [0.29, 0.717) is 0 Å². The Hall–Kier alpha value is -0.0800. The van der Waals surface area contributed by atoms with Crippen molar-refractivity contribution in [3.63, 3.8) is 0 Å². The number of hydrogen-bond donors (Lipinski definition) is 1. The summed E-state index contributed by atoms with van der Waals surface area (Å²) >= 11 is 0. The van der Waals surface area contributed by atoms with Gasteiger partial charge in [-0.05, 0) is 25.2 Å². The molecule has 0 amide bonds. The quantitative estimate of drug-likeness (QED) is 0.659. The minimum atomic E-state index is -0.0353. The molecule has 1 unspecified atom stereocenters. The van der Waals surface area contributed by atoms with Crippen LogP contribution in [0.15, 0.2) is 0 Å². The molecule has 0 spiro atoms. The summed E-state index contributed by atoms with van der Waals surface area (Å²) in [5, 5.41) is 0. The Balaban J connectivity index is 2.05. The zero-order valence-electron chi connectivity index (χ0n) is 8.09. The zero-order chi connectivity index (χ0) is 8.81. The second-order valence-electron chi connectivity index (χ2n) is 3.78. The van der Waals surface area contributed by atoms with Crippen molar-refractivity contribution in [3.05, 3.63) is 0 Å². The molecular weight excluding hydrogens is 150 g/mol. The molecule has 0 aromatic carbocycles. The molecule has 72 valence electrons. The SMILES string of the molecule is CCC(N)OCC1CCCCC1. The van der Waals surface area contributed by atoms with Crippen molar-refractivity contribution < 1.29 is 4.74 Å². The lowest BCUT2D eigenvalue weighted by Gasteiger charge is -2.22. The van der Waals surface area contributed by atoms with Gasteiger partial charge in [-0.25, -0.2) is 0 Å². The van der Waals surface area contributed by atoms with E-state index in [-0.39, 0.29) is 6.23 Å². The average molecular weight is 171 g/mol. The molecule has 2 nitrogen and oxygen atoms in total. The molecule has 1 rings (SSSR count). The van der Waals surface area contributed by atoms with E-state index in [4.69, 9.17) is 10.5 Å². The van der Waals surface area contributed by atoms with Gasteiger partial charge in [-0.2, -0.15) is 0 Å². The van der Waals surface area contributed by atoms with Crippen molar-refractivity contribution in [1.29, 1.82) is 0 Å². The van der Waals surface area contributed by atoms with Crippen molar-refractivity contribution in [2.75, 3.05) is 6.61 Å². The fourth-order valence-electron chi connectivity index (χ4n) is 1.73. The number of nitrogens with two attached hydrogens (primary N) is 1. The van der Waals surface area contributed by atoms with Gasteiger partial charge in [0.1, 0.15) is 6.23 Å². The molecule has 2 heteroatoms. The minimum Gasteiger partial charge on any atom is -0.363 e. The van der Waals surface area contributed by atoms with Gasteiger partial charge in [0.2, 0.25) is 0 Å². The van der Waals surface area contributed by atoms with Gasteiger partial charge in [0.15, 0.2) is 0 Å². The molecular formula is C10H21NO. The Labute approximate surface area is 75.5 Å². The predicted octanol–water partition coefficient (Wildman–Crippen LogP) is 2.28. The first kappa shape index (κ1) is 10.0. The largest absolute Gasteiger partial charge is 0.363 e. The van der Waals surface area contributed by atoms with Crippen molar-refractivity contribution in [1.82, 2.24) is 0 Å². The molecule has 0 saturated heterocycles. The maximum absolute atomic E-state index is 5.67. The van der Waals surface area contributed by atoms with Gasteiger partial charge in [-0.3, -0.25) is 0 Å². The summed E-state index contributed by atoms with van der Waals surface area (Å²) in [6.07, 6.45) is 7.76. The van der Waals surface area contributed by atoms with Gasteiger partial charge in [0.05, 0.1) is 6.61 Å². The smallest absolute Gasteiger partial charge is 0.105 e. The molecule has 0 radical (unpaired) electrons. The summed E-state index contributed by atoms with van der Waals surface area (Å²) in [5.74, 6) is 0.788. The first-order chi connectivity index (χ1) is 5.83. The highest BCUT2D eigenvalue weighted by Crippen LogP contribution is 2.23. The van der Waals surface area contributed by atoms with Crippen LogP contribution in [0.2, 0.25) is 0 Å². The highest BCUT2D eigenvalue weighted by Gasteiger charge is 2.14. The summed E-state index contributed by atoms with van der Waals surface area (Å²) in [6.45, 7) is 2.94. The van der Waals surface area contributed by atoms with E-state index in [1.54, 1.807) is 0 Å². The Morgan fingerprint density at radius 3 is 2.58 bits per heavy atom. The maximum Gasteiger partial charge on any atom is 0.105 e. The number of hydrogen-bond acceptors (Lipinski definition) is 2. The van der Waals surface area contributed by atoms with Gasteiger partial charge in [-0.1, -0.05) is 26.2 Å². The van der Waals surface area contributed by atoms with Crippen molar-refractivity contribution >= 4 is 0 Å². The normalized spacial score (nSPS) is 22.5. The number of rotatable bonds is 4. The van der Waals surface area contributed by atoms with Gasteiger partial charge < -0.3 is 10.5 Å². The summed E-state index contributed by atoms with van der Waals surface area (Å²) in [6, 6.07) is 0. The van der Waals surface area contributed by atoms with Crippen LogP contribution in [0.5, 0.6) is 0 Å².